The summed E-state index contributed by atoms with van der Waals surface area (Å²) in [7, 11) is 0. The second kappa shape index (κ2) is 3.52. The normalized spacial score (nSPS) is 31.2. The van der Waals surface area contributed by atoms with Gasteiger partial charge in [0.25, 0.3) is 6.43 Å². The van der Waals surface area contributed by atoms with Gasteiger partial charge in [0.2, 0.25) is 0 Å². The largest absolute Gasteiger partial charge is 0.308 e. The van der Waals surface area contributed by atoms with Crippen LogP contribution in [0.1, 0.15) is 38.5 Å². The minimum Gasteiger partial charge on any atom is -0.308 e. The van der Waals surface area contributed by atoms with Gasteiger partial charge in [-0.25, -0.2) is 8.78 Å². The maximum Gasteiger partial charge on any atom is 0.250 e. The molecule has 0 aromatic carbocycles. The fourth-order valence-electron chi connectivity index (χ4n) is 2.92. The molecule has 0 radical (unpaired) electrons. The molecule has 1 unspecified atom stereocenters. The summed E-state index contributed by atoms with van der Waals surface area (Å²) in [6, 6.07) is 0.384. The molecule has 0 aromatic rings. The summed E-state index contributed by atoms with van der Waals surface area (Å²) in [5.41, 5.74) is 0.425. The Kier molecular flexibility index (Phi) is 2.54. The van der Waals surface area contributed by atoms with Crippen molar-refractivity contribution in [2.75, 3.05) is 6.54 Å². The summed E-state index contributed by atoms with van der Waals surface area (Å²) in [4.78, 5) is 0. The molecule has 2 rings (SSSR count). The lowest BCUT2D eigenvalue weighted by molar-refractivity contribution is 0.0802. The van der Waals surface area contributed by atoms with Gasteiger partial charge < -0.3 is 5.32 Å². The first-order valence-electron chi connectivity index (χ1n) is 5.24. The lowest BCUT2D eigenvalue weighted by Crippen LogP contribution is -2.46. The molecule has 0 aromatic heterocycles. The van der Waals surface area contributed by atoms with Gasteiger partial charge >= 0.3 is 0 Å². The van der Waals surface area contributed by atoms with Crippen LogP contribution in [-0.2, 0) is 0 Å². The van der Waals surface area contributed by atoms with Crippen LogP contribution in [0.2, 0.25) is 0 Å². The van der Waals surface area contributed by atoms with Gasteiger partial charge in [0, 0.05) is 6.04 Å². The molecule has 13 heavy (non-hydrogen) atoms. The molecule has 1 spiro atoms. The first-order valence-corrected chi connectivity index (χ1v) is 5.24. The van der Waals surface area contributed by atoms with Crippen LogP contribution in [0.3, 0.4) is 0 Å². The number of rotatable bonds is 3. The highest BCUT2D eigenvalue weighted by Crippen LogP contribution is 2.53. The lowest BCUT2D eigenvalue weighted by Gasteiger charge is -2.44. The van der Waals surface area contributed by atoms with Crippen molar-refractivity contribution in [1.82, 2.24) is 5.32 Å². The Balaban J connectivity index is 1.84. The Hall–Kier alpha value is -0.180. The number of hydrogen-bond acceptors (Lipinski definition) is 1. The Bertz CT molecular complexity index is 178. The topological polar surface area (TPSA) is 12.0 Å². The number of alkyl halides is 2. The van der Waals surface area contributed by atoms with E-state index in [1.807, 2.05) is 0 Å². The average molecular weight is 189 g/mol. The minimum atomic E-state index is -2.20. The molecular weight excluding hydrogens is 172 g/mol. The highest BCUT2D eigenvalue weighted by Gasteiger charge is 2.46. The molecule has 76 valence electrons. The maximum atomic E-state index is 12.0. The first kappa shape index (κ1) is 9.38. The van der Waals surface area contributed by atoms with Gasteiger partial charge in [-0.05, 0) is 31.1 Å². The van der Waals surface area contributed by atoms with Crippen molar-refractivity contribution in [3.8, 4) is 0 Å². The third kappa shape index (κ3) is 1.71. The van der Waals surface area contributed by atoms with Crippen LogP contribution in [0.25, 0.3) is 0 Å². The van der Waals surface area contributed by atoms with Crippen LogP contribution in [0.5, 0.6) is 0 Å². The van der Waals surface area contributed by atoms with Crippen molar-refractivity contribution in [2.45, 2.75) is 51.0 Å². The second-order valence-corrected chi connectivity index (χ2v) is 4.46. The van der Waals surface area contributed by atoms with Gasteiger partial charge in [0.05, 0.1) is 6.54 Å². The summed E-state index contributed by atoms with van der Waals surface area (Å²) in [6.07, 6.45) is 5.20. The lowest BCUT2D eigenvalue weighted by atomic mass is 9.65. The molecule has 2 aliphatic rings. The van der Waals surface area contributed by atoms with Crippen LogP contribution in [0.4, 0.5) is 8.78 Å². The maximum absolute atomic E-state index is 12.0. The van der Waals surface area contributed by atoms with Gasteiger partial charge in [-0.2, -0.15) is 0 Å². The fourth-order valence-corrected chi connectivity index (χ4v) is 2.92. The molecule has 2 saturated carbocycles. The van der Waals surface area contributed by atoms with Crippen molar-refractivity contribution in [1.29, 1.82) is 0 Å². The minimum absolute atomic E-state index is 0.119. The molecule has 0 heterocycles. The molecule has 0 aliphatic heterocycles. The van der Waals surface area contributed by atoms with E-state index in [2.05, 4.69) is 5.32 Å². The zero-order valence-corrected chi connectivity index (χ0v) is 7.86. The van der Waals surface area contributed by atoms with E-state index in [0.29, 0.717) is 11.5 Å². The molecular formula is C10H17F2N. The first-order chi connectivity index (χ1) is 6.23. The van der Waals surface area contributed by atoms with Gasteiger partial charge in [0.15, 0.2) is 0 Å². The smallest absolute Gasteiger partial charge is 0.250 e. The Labute approximate surface area is 77.9 Å². The monoisotopic (exact) mass is 189 g/mol. The standard InChI is InChI=1S/C10H17F2N/c11-9(12)7-13-8-3-1-4-10(8)5-2-6-10/h8-9,13H,1-7H2. The molecule has 0 amide bonds. The van der Waals surface area contributed by atoms with Crippen molar-refractivity contribution in [3.05, 3.63) is 0 Å². The van der Waals surface area contributed by atoms with E-state index in [9.17, 15) is 8.78 Å². The van der Waals surface area contributed by atoms with Gasteiger partial charge in [-0.15, -0.1) is 0 Å². The summed E-state index contributed by atoms with van der Waals surface area (Å²) in [5.74, 6) is 0. The summed E-state index contributed by atoms with van der Waals surface area (Å²) < 4.78 is 24.0. The second-order valence-electron chi connectivity index (χ2n) is 4.46. The third-order valence-corrected chi connectivity index (χ3v) is 3.77. The SMILES string of the molecule is FC(F)CNC1CCCC12CCC2. The van der Waals surface area contributed by atoms with E-state index in [1.165, 1.54) is 32.1 Å². The van der Waals surface area contributed by atoms with Gasteiger partial charge in [-0.1, -0.05) is 12.8 Å². The van der Waals surface area contributed by atoms with Crippen LogP contribution in [0, 0.1) is 5.41 Å². The highest BCUT2D eigenvalue weighted by atomic mass is 19.3. The van der Waals surface area contributed by atoms with Crippen LogP contribution in [0.15, 0.2) is 0 Å². The van der Waals surface area contributed by atoms with Crippen LogP contribution < -0.4 is 5.32 Å². The van der Waals surface area contributed by atoms with E-state index < -0.39 is 6.43 Å². The molecule has 1 N–H and O–H groups in total. The van der Waals surface area contributed by atoms with E-state index in [-0.39, 0.29) is 6.54 Å². The molecule has 0 saturated heterocycles. The third-order valence-electron chi connectivity index (χ3n) is 3.77. The van der Waals surface area contributed by atoms with Crippen LogP contribution in [-0.4, -0.2) is 19.0 Å². The number of nitrogens with one attached hydrogen (secondary N) is 1. The van der Waals surface area contributed by atoms with Crippen LogP contribution >= 0.6 is 0 Å². The predicted octanol–water partition coefficient (Wildman–Crippen LogP) is 2.56. The average Bonchev–Trinajstić information content (AvgIpc) is 2.42. The van der Waals surface area contributed by atoms with E-state index in [4.69, 9.17) is 0 Å². The molecule has 2 fully saturated rings. The summed E-state index contributed by atoms with van der Waals surface area (Å²) in [5, 5.41) is 3.02. The number of hydrogen-bond donors (Lipinski definition) is 1. The molecule has 0 bridgehead atoms. The quantitative estimate of drug-likeness (QED) is 0.719. The summed E-state index contributed by atoms with van der Waals surface area (Å²) in [6.45, 7) is -0.119. The zero-order valence-electron chi connectivity index (χ0n) is 7.86. The number of halogens is 2. The van der Waals surface area contributed by atoms with Crippen molar-refractivity contribution in [3.63, 3.8) is 0 Å². The highest BCUT2D eigenvalue weighted by molar-refractivity contribution is 5.01. The molecule has 1 atom stereocenters. The molecule has 3 heteroatoms. The Morgan fingerprint density at radius 1 is 1.23 bits per heavy atom. The Morgan fingerprint density at radius 2 is 1.92 bits per heavy atom. The summed E-state index contributed by atoms with van der Waals surface area (Å²) >= 11 is 0. The van der Waals surface area contributed by atoms with E-state index >= 15 is 0 Å². The van der Waals surface area contributed by atoms with Gasteiger partial charge in [-0.3, -0.25) is 0 Å². The fraction of sp³-hybridized carbons (Fsp3) is 1.00. The van der Waals surface area contributed by atoms with E-state index in [0.717, 1.165) is 6.42 Å². The zero-order chi connectivity index (χ0) is 9.31. The molecule has 1 nitrogen and oxygen atoms in total. The predicted molar refractivity (Wildman–Crippen MR) is 47.9 cm³/mol. The molecule has 2 aliphatic carbocycles. The van der Waals surface area contributed by atoms with Crippen molar-refractivity contribution < 1.29 is 8.78 Å². The van der Waals surface area contributed by atoms with Gasteiger partial charge in [0.1, 0.15) is 0 Å². The Morgan fingerprint density at radius 3 is 2.46 bits per heavy atom. The van der Waals surface area contributed by atoms with E-state index in [1.54, 1.807) is 0 Å². The van der Waals surface area contributed by atoms with Crippen molar-refractivity contribution >= 4 is 0 Å². The van der Waals surface area contributed by atoms with Crippen molar-refractivity contribution in [2.24, 2.45) is 5.41 Å².